The van der Waals surface area contributed by atoms with Crippen LogP contribution in [0.3, 0.4) is 0 Å². The third-order valence-corrected chi connectivity index (χ3v) is 7.28. The molecule has 0 N–H and O–H groups in total. The molecule has 0 bridgehead atoms. The van der Waals surface area contributed by atoms with Gasteiger partial charge in [-0.2, -0.15) is 0 Å². The van der Waals surface area contributed by atoms with Gasteiger partial charge in [0.2, 0.25) is 0 Å². The standard InChI is InChI=1S/C18H15P.C10H9N/c1-4-10-16(11-5-1)19(17-12-6-2-7-13-17)18-14-8-3-9-15-18;1-8-2-3-10-7-11-5-4-9(10)6-8/h1-15H;2-7H,1H3. The van der Waals surface area contributed by atoms with Gasteiger partial charge in [-0.3, -0.25) is 4.98 Å². The van der Waals surface area contributed by atoms with Gasteiger partial charge >= 0.3 is 0 Å². The Kier molecular flexibility index (Phi) is 6.65. The lowest BCUT2D eigenvalue weighted by atomic mass is 10.1. The molecule has 1 aromatic heterocycles. The topological polar surface area (TPSA) is 12.9 Å². The second-order valence-electron chi connectivity index (χ2n) is 7.07. The molecule has 0 spiro atoms. The second-order valence-corrected chi connectivity index (χ2v) is 9.29. The average Bonchev–Trinajstić information content (AvgIpc) is 2.82. The van der Waals surface area contributed by atoms with Crippen LogP contribution >= 0.6 is 7.92 Å². The predicted molar refractivity (Wildman–Crippen MR) is 132 cm³/mol. The summed E-state index contributed by atoms with van der Waals surface area (Å²) in [6.45, 7) is 2.10. The largest absolute Gasteiger partial charge is 0.264 e. The van der Waals surface area contributed by atoms with Gasteiger partial charge in [-0.05, 0) is 42.2 Å². The van der Waals surface area contributed by atoms with Crippen molar-refractivity contribution in [1.82, 2.24) is 4.98 Å². The van der Waals surface area contributed by atoms with Crippen molar-refractivity contribution in [2.45, 2.75) is 6.92 Å². The monoisotopic (exact) mass is 405 g/mol. The molecular formula is C28H24NP. The first-order valence-electron chi connectivity index (χ1n) is 10.1. The van der Waals surface area contributed by atoms with Crippen LogP contribution in [0.25, 0.3) is 10.8 Å². The number of rotatable bonds is 3. The summed E-state index contributed by atoms with van der Waals surface area (Å²) in [5, 5.41) is 6.66. The maximum atomic E-state index is 4.04. The lowest BCUT2D eigenvalue weighted by Gasteiger charge is -2.18. The Morgan fingerprint density at radius 2 is 1.03 bits per heavy atom. The van der Waals surface area contributed by atoms with Crippen LogP contribution in [0.2, 0.25) is 0 Å². The molecule has 0 aliphatic heterocycles. The highest BCUT2D eigenvalue weighted by Crippen LogP contribution is 2.32. The molecular weight excluding hydrogens is 381 g/mol. The Balaban J connectivity index is 0.000000168. The first-order chi connectivity index (χ1) is 14.8. The number of aromatic nitrogens is 1. The van der Waals surface area contributed by atoms with Gasteiger partial charge < -0.3 is 0 Å². The number of nitrogens with zero attached hydrogens (tertiary/aromatic N) is 1. The van der Waals surface area contributed by atoms with Crippen LogP contribution < -0.4 is 15.9 Å². The molecule has 4 aromatic carbocycles. The molecule has 0 aliphatic carbocycles. The number of pyridine rings is 1. The molecule has 1 nitrogen and oxygen atoms in total. The number of fused-ring (bicyclic) bond motifs is 1. The first-order valence-corrected chi connectivity index (χ1v) is 11.4. The van der Waals surface area contributed by atoms with Gasteiger partial charge in [-0.15, -0.1) is 0 Å². The van der Waals surface area contributed by atoms with E-state index in [1.165, 1.54) is 32.2 Å². The maximum absolute atomic E-state index is 4.04. The molecule has 30 heavy (non-hydrogen) atoms. The molecule has 0 radical (unpaired) electrons. The van der Waals surface area contributed by atoms with Crippen molar-refractivity contribution in [2.75, 3.05) is 0 Å². The molecule has 0 fully saturated rings. The highest BCUT2D eigenvalue weighted by molar-refractivity contribution is 7.79. The van der Waals surface area contributed by atoms with Crippen LogP contribution in [0, 0.1) is 6.92 Å². The molecule has 0 amide bonds. The van der Waals surface area contributed by atoms with Crippen LogP contribution in [0.1, 0.15) is 5.56 Å². The van der Waals surface area contributed by atoms with E-state index in [1.54, 1.807) is 0 Å². The number of hydrogen-bond donors (Lipinski definition) is 0. The molecule has 5 aromatic rings. The summed E-state index contributed by atoms with van der Waals surface area (Å²) < 4.78 is 0. The van der Waals surface area contributed by atoms with Crippen molar-refractivity contribution in [3.05, 3.63) is 133 Å². The Labute approximate surface area is 179 Å². The summed E-state index contributed by atoms with van der Waals surface area (Å²) in [5.74, 6) is 0. The first kappa shape index (κ1) is 20.0. The van der Waals surface area contributed by atoms with Gasteiger partial charge in [0.25, 0.3) is 0 Å². The summed E-state index contributed by atoms with van der Waals surface area (Å²) >= 11 is 0. The molecule has 0 saturated heterocycles. The minimum absolute atomic E-state index is 0.446. The average molecular weight is 405 g/mol. The fraction of sp³-hybridized carbons (Fsp3) is 0.0357. The Bertz CT molecular complexity index is 1090. The van der Waals surface area contributed by atoms with E-state index in [2.05, 4.69) is 121 Å². The number of hydrogen-bond acceptors (Lipinski definition) is 1. The molecule has 146 valence electrons. The lowest BCUT2D eigenvalue weighted by Crippen LogP contribution is -2.20. The number of aryl methyl sites for hydroxylation is 1. The van der Waals surface area contributed by atoms with Gasteiger partial charge in [0.1, 0.15) is 0 Å². The predicted octanol–water partition coefficient (Wildman–Crippen LogP) is 5.99. The van der Waals surface area contributed by atoms with Gasteiger partial charge in [0.15, 0.2) is 0 Å². The van der Waals surface area contributed by atoms with Crippen LogP contribution in [0.4, 0.5) is 0 Å². The highest BCUT2D eigenvalue weighted by Gasteiger charge is 2.14. The molecule has 0 saturated carbocycles. The van der Waals surface area contributed by atoms with Crippen molar-refractivity contribution < 1.29 is 0 Å². The summed E-state index contributed by atoms with van der Waals surface area (Å²) in [6.07, 6.45) is 3.70. The van der Waals surface area contributed by atoms with E-state index in [9.17, 15) is 0 Å². The van der Waals surface area contributed by atoms with Crippen LogP contribution in [0.5, 0.6) is 0 Å². The van der Waals surface area contributed by atoms with Crippen LogP contribution in [-0.2, 0) is 0 Å². The summed E-state index contributed by atoms with van der Waals surface area (Å²) in [6, 6.07) is 40.7. The van der Waals surface area contributed by atoms with E-state index < -0.39 is 7.92 Å². The molecule has 5 rings (SSSR count). The quantitative estimate of drug-likeness (QED) is 0.336. The molecule has 0 unspecified atom stereocenters. The van der Waals surface area contributed by atoms with E-state index in [0.29, 0.717) is 0 Å². The summed E-state index contributed by atoms with van der Waals surface area (Å²) in [7, 11) is -0.446. The summed E-state index contributed by atoms with van der Waals surface area (Å²) in [4.78, 5) is 4.04. The normalized spacial score (nSPS) is 10.5. The van der Waals surface area contributed by atoms with Crippen molar-refractivity contribution in [2.24, 2.45) is 0 Å². The zero-order valence-electron chi connectivity index (χ0n) is 17.0. The van der Waals surface area contributed by atoms with Crippen molar-refractivity contribution >= 4 is 34.6 Å². The van der Waals surface area contributed by atoms with Crippen molar-refractivity contribution in [1.29, 1.82) is 0 Å². The van der Waals surface area contributed by atoms with Gasteiger partial charge in [-0.25, -0.2) is 0 Å². The SMILES string of the molecule is Cc1ccc2cnccc2c1.c1ccc(P(c2ccccc2)c2ccccc2)cc1. The van der Waals surface area contributed by atoms with Gasteiger partial charge in [0, 0.05) is 17.8 Å². The highest BCUT2D eigenvalue weighted by atomic mass is 31.1. The fourth-order valence-corrected chi connectivity index (χ4v) is 5.69. The Hall–Kier alpha value is -3.28. The zero-order chi connectivity index (χ0) is 20.6. The zero-order valence-corrected chi connectivity index (χ0v) is 17.9. The van der Waals surface area contributed by atoms with E-state index >= 15 is 0 Å². The number of benzene rings is 4. The van der Waals surface area contributed by atoms with Crippen molar-refractivity contribution in [3.8, 4) is 0 Å². The second kappa shape index (κ2) is 9.96. The van der Waals surface area contributed by atoms with E-state index in [4.69, 9.17) is 0 Å². The minimum Gasteiger partial charge on any atom is -0.264 e. The lowest BCUT2D eigenvalue weighted by molar-refractivity contribution is 1.36. The molecule has 0 aliphatic rings. The molecule has 2 heteroatoms. The summed E-state index contributed by atoms with van der Waals surface area (Å²) in [5.41, 5.74) is 1.30. The molecule has 0 atom stereocenters. The molecule has 1 heterocycles. The Morgan fingerprint density at radius 3 is 1.53 bits per heavy atom. The van der Waals surface area contributed by atoms with Gasteiger partial charge in [-0.1, -0.05) is 115 Å². The van der Waals surface area contributed by atoms with Gasteiger partial charge in [0.05, 0.1) is 0 Å². The van der Waals surface area contributed by atoms with Crippen LogP contribution in [0.15, 0.2) is 128 Å². The maximum Gasteiger partial charge on any atom is 0.0346 e. The van der Waals surface area contributed by atoms with E-state index in [0.717, 1.165) is 0 Å². The smallest absolute Gasteiger partial charge is 0.0346 e. The Morgan fingerprint density at radius 1 is 0.533 bits per heavy atom. The van der Waals surface area contributed by atoms with E-state index in [-0.39, 0.29) is 0 Å². The van der Waals surface area contributed by atoms with E-state index in [1.807, 2.05) is 18.5 Å². The third kappa shape index (κ3) is 5.00. The van der Waals surface area contributed by atoms with Crippen LogP contribution in [-0.4, -0.2) is 4.98 Å². The van der Waals surface area contributed by atoms with Crippen molar-refractivity contribution in [3.63, 3.8) is 0 Å². The third-order valence-electron chi connectivity index (χ3n) is 4.84. The minimum atomic E-state index is -0.446. The fourth-order valence-electron chi connectivity index (χ4n) is 3.38.